The van der Waals surface area contributed by atoms with Crippen molar-refractivity contribution in [3.8, 4) is 0 Å². The summed E-state index contributed by atoms with van der Waals surface area (Å²) in [6, 6.07) is 0. The van der Waals surface area contributed by atoms with Crippen LogP contribution in [0.2, 0.25) is 0 Å². The number of rotatable bonds is 2. The Morgan fingerprint density at radius 3 is 2.62 bits per heavy atom. The molecule has 0 saturated carbocycles. The molecule has 13 heavy (non-hydrogen) atoms. The number of aromatic nitrogens is 2. The van der Waals surface area contributed by atoms with Crippen molar-refractivity contribution < 1.29 is 0 Å². The highest BCUT2D eigenvalue weighted by molar-refractivity contribution is 9.08. The van der Waals surface area contributed by atoms with Crippen molar-refractivity contribution in [1.29, 1.82) is 0 Å². The normalized spacial score (nSPS) is 16.1. The van der Waals surface area contributed by atoms with E-state index in [1.54, 1.807) is 0 Å². The van der Waals surface area contributed by atoms with Crippen LogP contribution in [-0.2, 0) is 12.4 Å². The van der Waals surface area contributed by atoms with E-state index >= 15 is 0 Å². The smallest absolute Gasteiger partial charge is 0.130 e. The molecule has 0 bridgehead atoms. The standard InChI is InChI=1S/C9H14BrN3/c1-7-8(6-10)9(12(2)11-7)13-4-3-5-13/h3-6H2,1-2H3. The Morgan fingerprint density at radius 1 is 1.46 bits per heavy atom. The van der Waals surface area contributed by atoms with Crippen LogP contribution in [0.4, 0.5) is 5.82 Å². The minimum absolute atomic E-state index is 0.901. The molecule has 0 radical (unpaired) electrons. The maximum absolute atomic E-state index is 4.43. The first-order valence-corrected chi connectivity index (χ1v) is 5.69. The Bertz CT molecular complexity index is 315. The van der Waals surface area contributed by atoms with E-state index in [-0.39, 0.29) is 0 Å². The Kier molecular flexibility index (Phi) is 2.32. The molecular weight excluding hydrogens is 230 g/mol. The zero-order valence-corrected chi connectivity index (χ0v) is 9.63. The minimum Gasteiger partial charge on any atom is -0.356 e. The van der Waals surface area contributed by atoms with Crippen LogP contribution in [0.25, 0.3) is 0 Å². The van der Waals surface area contributed by atoms with Gasteiger partial charge in [0.15, 0.2) is 0 Å². The zero-order chi connectivity index (χ0) is 9.42. The molecule has 0 unspecified atom stereocenters. The zero-order valence-electron chi connectivity index (χ0n) is 8.05. The van der Waals surface area contributed by atoms with Crippen LogP contribution in [0.15, 0.2) is 0 Å². The Labute approximate surface area is 86.8 Å². The predicted octanol–water partition coefficient (Wildman–Crippen LogP) is 1.83. The van der Waals surface area contributed by atoms with E-state index in [9.17, 15) is 0 Å². The van der Waals surface area contributed by atoms with Crippen molar-refractivity contribution in [1.82, 2.24) is 9.78 Å². The number of alkyl halides is 1. The highest BCUT2D eigenvalue weighted by atomic mass is 79.9. The van der Waals surface area contributed by atoms with Gasteiger partial charge in [-0.1, -0.05) is 15.9 Å². The molecule has 1 aromatic heterocycles. The van der Waals surface area contributed by atoms with Gasteiger partial charge in [0, 0.05) is 31.0 Å². The van der Waals surface area contributed by atoms with E-state index in [4.69, 9.17) is 0 Å². The van der Waals surface area contributed by atoms with Crippen LogP contribution in [0.5, 0.6) is 0 Å². The minimum atomic E-state index is 0.901. The first kappa shape index (κ1) is 9.06. The van der Waals surface area contributed by atoms with Gasteiger partial charge in [-0.25, -0.2) is 0 Å². The van der Waals surface area contributed by atoms with Gasteiger partial charge in [0.05, 0.1) is 5.69 Å². The largest absolute Gasteiger partial charge is 0.356 e. The van der Waals surface area contributed by atoms with Crippen molar-refractivity contribution in [3.05, 3.63) is 11.3 Å². The third kappa shape index (κ3) is 1.37. The van der Waals surface area contributed by atoms with E-state index < -0.39 is 0 Å². The van der Waals surface area contributed by atoms with E-state index in [0.717, 1.165) is 11.0 Å². The summed E-state index contributed by atoms with van der Waals surface area (Å²) in [5, 5.41) is 5.33. The third-order valence-electron chi connectivity index (χ3n) is 2.60. The van der Waals surface area contributed by atoms with Crippen molar-refractivity contribution >= 4 is 21.7 Å². The lowest BCUT2D eigenvalue weighted by molar-refractivity contribution is 0.584. The number of hydrogen-bond donors (Lipinski definition) is 0. The number of anilines is 1. The van der Waals surface area contributed by atoms with Crippen LogP contribution in [0.1, 0.15) is 17.7 Å². The van der Waals surface area contributed by atoms with Gasteiger partial charge >= 0.3 is 0 Å². The monoisotopic (exact) mass is 243 g/mol. The van der Waals surface area contributed by atoms with Gasteiger partial charge in [-0.3, -0.25) is 4.68 Å². The Balaban J connectivity index is 2.40. The fraction of sp³-hybridized carbons (Fsp3) is 0.667. The van der Waals surface area contributed by atoms with Gasteiger partial charge in [0.1, 0.15) is 5.82 Å². The summed E-state index contributed by atoms with van der Waals surface area (Å²) in [7, 11) is 2.02. The molecule has 1 fully saturated rings. The molecule has 0 aliphatic carbocycles. The summed E-state index contributed by atoms with van der Waals surface area (Å²) in [4.78, 5) is 2.39. The van der Waals surface area contributed by atoms with E-state index in [0.29, 0.717) is 0 Å². The summed E-state index contributed by atoms with van der Waals surface area (Å²) >= 11 is 3.51. The van der Waals surface area contributed by atoms with Gasteiger partial charge in [0.25, 0.3) is 0 Å². The molecule has 0 N–H and O–H groups in total. The molecule has 0 aromatic carbocycles. The van der Waals surface area contributed by atoms with Crippen LogP contribution in [-0.4, -0.2) is 22.9 Å². The molecular formula is C9H14BrN3. The predicted molar refractivity (Wildman–Crippen MR) is 57.4 cm³/mol. The molecule has 2 heterocycles. The quantitative estimate of drug-likeness (QED) is 0.740. The highest BCUT2D eigenvalue weighted by Gasteiger charge is 2.22. The molecule has 72 valence electrons. The molecule has 1 aliphatic heterocycles. The summed E-state index contributed by atoms with van der Waals surface area (Å²) in [6.07, 6.45) is 1.31. The summed E-state index contributed by atoms with van der Waals surface area (Å²) in [6.45, 7) is 4.43. The molecule has 4 heteroatoms. The molecule has 1 aromatic rings. The van der Waals surface area contributed by atoms with E-state index in [1.807, 2.05) is 11.7 Å². The van der Waals surface area contributed by atoms with Crippen molar-refractivity contribution in [2.45, 2.75) is 18.7 Å². The van der Waals surface area contributed by atoms with Gasteiger partial charge in [0.2, 0.25) is 0 Å². The van der Waals surface area contributed by atoms with Crippen molar-refractivity contribution in [2.24, 2.45) is 7.05 Å². The highest BCUT2D eigenvalue weighted by Crippen LogP contribution is 2.28. The van der Waals surface area contributed by atoms with Crippen LogP contribution >= 0.6 is 15.9 Å². The number of nitrogens with zero attached hydrogens (tertiary/aromatic N) is 3. The Hall–Kier alpha value is -0.510. The average molecular weight is 244 g/mol. The average Bonchev–Trinajstić information content (AvgIpc) is 2.24. The van der Waals surface area contributed by atoms with E-state index in [1.165, 1.54) is 30.9 Å². The first-order valence-electron chi connectivity index (χ1n) is 4.57. The second-order valence-electron chi connectivity index (χ2n) is 3.49. The van der Waals surface area contributed by atoms with Gasteiger partial charge in [-0.2, -0.15) is 5.10 Å². The fourth-order valence-corrected chi connectivity index (χ4v) is 2.43. The van der Waals surface area contributed by atoms with Crippen LogP contribution < -0.4 is 4.90 Å². The lowest BCUT2D eigenvalue weighted by Crippen LogP contribution is -2.38. The molecule has 0 spiro atoms. The molecule has 0 amide bonds. The van der Waals surface area contributed by atoms with Crippen molar-refractivity contribution in [3.63, 3.8) is 0 Å². The summed E-state index contributed by atoms with van der Waals surface area (Å²) < 4.78 is 1.99. The second-order valence-corrected chi connectivity index (χ2v) is 4.05. The van der Waals surface area contributed by atoms with Crippen molar-refractivity contribution in [2.75, 3.05) is 18.0 Å². The fourth-order valence-electron chi connectivity index (χ4n) is 1.77. The van der Waals surface area contributed by atoms with Crippen LogP contribution in [0.3, 0.4) is 0 Å². The number of hydrogen-bond acceptors (Lipinski definition) is 2. The summed E-state index contributed by atoms with van der Waals surface area (Å²) in [5.74, 6) is 1.29. The molecule has 0 atom stereocenters. The first-order chi connectivity index (χ1) is 6.24. The van der Waals surface area contributed by atoms with Gasteiger partial charge in [-0.15, -0.1) is 0 Å². The Morgan fingerprint density at radius 2 is 2.15 bits per heavy atom. The van der Waals surface area contributed by atoms with Crippen LogP contribution in [0, 0.1) is 6.92 Å². The summed E-state index contributed by atoms with van der Waals surface area (Å²) in [5.41, 5.74) is 2.48. The SMILES string of the molecule is Cc1nn(C)c(N2CCC2)c1CBr. The lowest BCUT2D eigenvalue weighted by Gasteiger charge is -2.33. The molecule has 2 rings (SSSR count). The number of aryl methyl sites for hydroxylation is 2. The number of halogens is 1. The second kappa shape index (κ2) is 3.33. The lowest BCUT2D eigenvalue weighted by atomic mass is 10.2. The van der Waals surface area contributed by atoms with Gasteiger partial charge in [-0.05, 0) is 13.3 Å². The third-order valence-corrected chi connectivity index (χ3v) is 3.16. The molecule has 3 nitrogen and oxygen atoms in total. The maximum Gasteiger partial charge on any atom is 0.130 e. The maximum atomic E-state index is 4.43. The van der Waals surface area contributed by atoms with E-state index in [2.05, 4.69) is 32.9 Å². The molecule has 1 aliphatic rings. The van der Waals surface area contributed by atoms with Gasteiger partial charge < -0.3 is 4.90 Å². The topological polar surface area (TPSA) is 21.1 Å². The molecule has 1 saturated heterocycles.